The number of carbonyl (C=O) groups excluding carboxylic acids is 1. The van der Waals surface area contributed by atoms with E-state index in [4.69, 9.17) is 5.11 Å². The number of carbonyl (C=O) groups is 2. The summed E-state index contributed by atoms with van der Waals surface area (Å²) in [4.78, 5) is 19.7. The highest BCUT2D eigenvalue weighted by atomic mass is 32.1. The van der Waals surface area contributed by atoms with Crippen LogP contribution in [-0.2, 0) is 11.0 Å². The normalized spacial score (nSPS) is 12.3. The van der Waals surface area contributed by atoms with Gasteiger partial charge in [0.2, 0.25) is 0 Å². The molecule has 1 aromatic rings. The highest BCUT2D eigenvalue weighted by molar-refractivity contribution is 7.16. The zero-order chi connectivity index (χ0) is 15.0. The molecule has 4 nitrogen and oxygen atoms in total. The van der Waals surface area contributed by atoms with Crippen LogP contribution in [0.4, 0.5) is 31.3 Å². The molecule has 0 aliphatic heterocycles. The van der Waals surface area contributed by atoms with E-state index in [1.165, 1.54) is 0 Å². The standard InChI is InChI=1S/C8H3F6NO3S/c9-7(10,11)3-1-2(5(16)17)4(19-3)15-6(18)8(12,13)14/h1H,(H,15,18)(H,16,17). The van der Waals surface area contributed by atoms with Gasteiger partial charge in [-0.1, -0.05) is 0 Å². The van der Waals surface area contributed by atoms with Crippen molar-refractivity contribution in [2.24, 2.45) is 0 Å². The molecule has 2 N–H and O–H groups in total. The average molecular weight is 307 g/mol. The lowest BCUT2D eigenvalue weighted by atomic mass is 10.3. The van der Waals surface area contributed by atoms with Gasteiger partial charge in [0.25, 0.3) is 0 Å². The Morgan fingerprint density at radius 3 is 2.05 bits per heavy atom. The minimum Gasteiger partial charge on any atom is -0.478 e. The minimum absolute atomic E-state index is 0.152. The maximum absolute atomic E-state index is 12.3. The summed E-state index contributed by atoms with van der Waals surface area (Å²) < 4.78 is 72.7. The first-order valence-corrected chi connectivity index (χ1v) is 5.07. The fourth-order valence-corrected chi connectivity index (χ4v) is 1.87. The number of aromatic carboxylic acids is 1. The molecule has 0 spiro atoms. The van der Waals surface area contributed by atoms with E-state index in [0.29, 0.717) is 0 Å². The molecule has 0 saturated heterocycles. The SMILES string of the molecule is O=C(O)c1cc(C(F)(F)F)sc1NC(=O)C(F)(F)F. The van der Waals surface area contributed by atoms with Gasteiger partial charge in [0, 0.05) is 0 Å². The fraction of sp³-hybridized carbons (Fsp3) is 0.250. The predicted molar refractivity (Wildman–Crippen MR) is 51.0 cm³/mol. The Labute approximate surface area is 104 Å². The van der Waals surface area contributed by atoms with Gasteiger partial charge in [-0.2, -0.15) is 26.3 Å². The van der Waals surface area contributed by atoms with Crippen molar-refractivity contribution in [3.63, 3.8) is 0 Å². The zero-order valence-corrected chi connectivity index (χ0v) is 9.33. The smallest absolute Gasteiger partial charge is 0.471 e. The van der Waals surface area contributed by atoms with Crippen LogP contribution in [0.5, 0.6) is 0 Å². The van der Waals surface area contributed by atoms with Gasteiger partial charge >= 0.3 is 24.2 Å². The number of hydrogen-bond donors (Lipinski definition) is 2. The maximum atomic E-state index is 12.3. The third kappa shape index (κ3) is 3.59. The second kappa shape index (κ2) is 4.72. The summed E-state index contributed by atoms with van der Waals surface area (Å²) >= 11 is -0.299. The lowest BCUT2D eigenvalue weighted by Crippen LogP contribution is -2.30. The Hall–Kier alpha value is -1.78. The third-order valence-electron chi connectivity index (χ3n) is 1.73. The van der Waals surface area contributed by atoms with Crippen molar-refractivity contribution >= 4 is 28.2 Å². The highest BCUT2D eigenvalue weighted by Gasteiger charge is 2.41. The number of alkyl halides is 6. The first kappa shape index (κ1) is 15.3. The molecule has 0 aliphatic carbocycles. The van der Waals surface area contributed by atoms with Crippen molar-refractivity contribution in [3.05, 3.63) is 16.5 Å². The van der Waals surface area contributed by atoms with E-state index >= 15 is 0 Å². The molecular weight excluding hydrogens is 304 g/mol. The molecular formula is C8H3F6NO3S. The Kier molecular flexibility index (Phi) is 3.79. The van der Waals surface area contributed by atoms with Crippen LogP contribution in [0.1, 0.15) is 15.2 Å². The Balaban J connectivity index is 3.17. The molecule has 0 unspecified atom stereocenters. The summed E-state index contributed by atoms with van der Waals surface area (Å²) in [7, 11) is 0. The number of anilines is 1. The highest BCUT2D eigenvalue weighted by Crippen LogP contribution is 2.39. The number of carboxylic acids is 1. The molecule has 1 heterocycles. The summed E-state index contributed by atoms with van der Waals surface area (Å²) in [6, 6.07) is 0.152. The van der Waals surface area contributed by atoms with Crippen molar-refractivity contribution < 1.29 is 41.0 Å². The average Bonchev–Trinajstić information content (AvgIpc) is 2.59. The topological polar surface area (TPSA) is 66.4 Å². The summed E-state index contributed by atoms with van der Waals surface area (Å²) in [6.07, 6.45) is -10.3. The van der Waals surface area contributed by atoms with Gasteiger partial charge in [-0.15, -0.1) is 11.3 Å². The quantitative estimate of drug-likeness (QED) is 0.826. The fourth-order valence-electron chi connectivity index (χ4n) is 0.956. The maximum Gasteiger partial charge on any atom is 0.471 e. The number of amides is 1. The van der Waals surface area contributed by atoms with E-state index in [2.05, 4.69) is 0 Å². The molecule has 1 amide bonds. The van der Waals surface area contributed by atoms with Crippen molar-refractivity contribution in [2.45, 2.75) is 12.4 Å². The number of thiophene rings is 1. The van der Waals surface area contributed by atoms with Crippen molar-refractivity contribution in [2.75, 3.05) is 5.32 Å². The molecule has 1 aromatic heterocycles. The molecule has 0 bridgehead atoms. The van der Waals surface area contributed by atoms with E-state index < -0.39 is 39.7 Å². The van der Waals surface area contributed by atoms with Gasteiger partial charge in [-0.25, -0.2) is 4.79 Å². The Morgan fingerprint density at radius 2 is 1.68 bits per heavy atom. The van der Waals surface area contributed by atoms with E-state index in [0.717, 1.165) is 5.32 Å². The monoisotopic (exact) mass is 307 g/mol. The molecule has 0 aliphatic rings. The van der Waals surface area contributed by atoms with E-state index in [1.54, 1.807) is 0 Å². The lowest BCUT2D eigenvalue weighted by Gasteiger charge is -2.06. The number of halogens is 6. The third-order valence-corrected chi connectivity index (χ3v) is 2.82. The summed E-state index contributed by atoms with van der Waals surface area (Å²) in [6.45, 7) is 0. The van der Waals surface area contributed by atoms with Gasteiger partial charge in [-0.05, 0) is 6.07 Å². The summed E-state index contributed by atoms with van der Waals surface area (Å²) in [5.41, 5.74) is -1.06. The molecule has 0 aromatic carbocycles. The van der Waals surface area contributed by atoms with Crippen LogP contribution in [0.25, 0.3) is 0 Å². The molecule has 11 heteroatoms. The summed E-state index contributed by atoms with van der Waals surface area (Å²) in [5, 5.41) is 8.64. The number of carboxylic acid groups (broad SMARTS) is 1. The molecule has 19 heavy (non-hydrogen) atoms. The van der Waals surface area contributed by atoms with Crippen LogP contribution in [0.3, 0.4) is 0 Å². The van der Waals surface area contributed by atoms with Crippen LogP contribution in [0, 0.1) is 0 Å². The molecule has 0 fully saturated rings. The van der Waals surface area contributed by atoms with Crippen LogP contribution in [-0.4, -0.2) is 23.2 Å². The van der Waals surface area contributed by atoms with Crippen molar-refractivity contribution in [3.8, 4) is 0 Å². The summed E-state index contributed by atoms with van der Waals surface area (Å²) in [5.74, 6) is -4.44. The van der Waals surface area contributed by atoms with Gasteiger partial charge in [0.05, 0.1) is 5.56 Å². The number of hydrogen-bond acceptors (Lipinski definition) is 3. The second-order valence-corrected chi connectivity index (χ2v) is 4.16. The zero-order valence-electron chi connectivity index (χ0n) is 8.52. The van der Waals surface area contributed by atoms with Crippen LogP contribution < -0.4 is 5.32 Å². The molecule has 0 atom stereocenters. The van der Waals surface area contributed by atoms with Crippen LogP contribution in [0.2, 0.25) is 0 Å². The molecule has 1 rings (SSSR count). The van der Waals surface area contributed by atoms with E-state index in [-0.39, 0.29) is 17.4 Å². The van der Waals surface area contributed by atoms with Crippen molar-refractivity contribution in [1.29, 1.82) is 0 Å². The second-order valence-electron chi connectivity index (χ2n) is 3.11. The largest absolute Gasteiger partial charge is 0.478 e. The van der Waals surface area contributed by atoms with Crippen molar-refractivity contribution in [1.82, 2.24) is 0 Å². The molecule has 0 saturated carbocycles. The van der Waals surface area contributed by atoms with Crippen LogP contribution in [0.15, 0.2) is 6.07 Å². The predicted octanol–water partition coefficient (Wildman–Crippen LogP) is 2.97. The first-order valence-electron chi connectivity index (χ1n) is 4.25. The lowest BCUT2D eigenvalue weighted by molar-refractivity contribution is -0.167. The van der Waals surface area contributed by atoms with Crippen LogP contribution >= 0.6 is 11.3 Å². The Morgan fingerprint density at radius 1 is 1.16 bits per heavy atom. The Bertz CT molecular complexity index is 518. The molecule has 106 valence electrons. The minimum atomic E-state index is -5.34. The first-order chi connectivity index (χ1) is 8.43. The van der Waals surface area contributed by atoms with E-state index in [1.807, 2.05) is 0 Å². The van der Waals surface area contributed by atoms with E-state index in [9.17, 15) is 35.9 Å². The van der Waals surface area contributed by atoms with Gasteiger partial charge in [-0.3, -0.25) is 4.79 Å². The number of nitrogens with one attached hydrogen (secondary N) is 1. The van der Waals surface area contributed by atoms with Gasteiger partial charge in [0.15, 0.2) is 0 Å². The van der Waals surface area contributed by atoms with Gasteiger partial charge < -0.3 is 10.4 Å². The molecule has 0 radical (unpaired) electrons. The van der Waals surface area contributed by atoms with Gasteiger partial charge in [0.1, 0.15) is 9.88 Å². The number of rotatable bonds is 2.